The van der Waals surface area contributed by atoms with Crippen molar-refractivity contribution < 1.29 is 8.78 Å². The molecule has 4 heteroatoms. The Morgan fingerprint density at radius 2 is 1.78 bits per heavy atom. The van der Waals surface area contributed by atoms with Crippen LogP contribution in [0.4, 0.5) is 8.78 Å². The molecule has 2 aromatic rings. The minimum atomic E-state index is -0.620. The van der Waals surface area contributed by atoms with Crippen molar-refractivity contribution in [2.75, 3.05) is 6.26 Å². The van der Waals surface area contributed by atoms with Gasteiger partial charge in [-0.1, -0.05) is 24.3 Å². The second-order valence-corrected chi connectivity index (χ2v) is 5.05. The van der Waals surface area contributed by atoms with Gasteiger partial charge in [-0.3, -0.25) is 0 Å². The fourth-order valence-corrected chi connectivity index (χ4v) is 2.82. The Bertz CT molecular complexity index is 557. The molecule has 0 radical (unpaired) electrons. The van der Waals surface area contributed by atoms with Crippen LogP contribution < -0.4 is 0 Å². The molecule has 0 nitrogen and oxygen atoms in total. The van der Waals surface area contributed by atoms with Crippen molar-refractivity contribution in [3.63, 3.8) is 0 Å². The molecule has 0 amide bonds. The number of hydrogen-bond acceptors (Lipinski definition) is 1. The molecule has 0 heterocycles. The van der Waals surface area contributed by atoms with E-state index in [1.165, 1.54) is 12.1 Å². The van der Waals surface area contributed by atoms with Crippen LogP contribution in [-0.4, -0.2) is 6.26 Å². The minimum Gasteiger partial charge on any atom is -0.207 e. The largest absolute Gasteiger partial charge is 0.207 e. The van der Waals surface area contributed by atoms with E-state index in [0.717, 1.165) is 16.5 Å². The van der Waals surface area contributed by atoms with Crippen molar-refractivity contribution in [3.8, 4) is 0 Å². The van der Waals surface area contributed by atoms with Gasteiger partial charge < -0.3 is 0 Å². The Morgan fingerprint density at radius 1 is 1.06 bits per heavy atom. The molecule has 0 saturated heterocycles. The summed E-state index contributed by atoms with van der Waals surface area (Å²) >= 11 is 7.84. The van der Waals surface area contributed by atoms with E-state index in [4.69, 9.17) is 11.6 Å². The first-order chi connectivity index (χ1) is 8.63. The lowest BCUT2D eigenvalue weighted by atomic mass is 10.0. The fraction of sp³-hybridized carbons (Fsp3) is 0.143. The third-order valence-corrected chi connectivity index (χ3v) is 3.93. The average molecular weight is 285 g/mol. The summed E-state index contributed by atoms with van der Waals surface area (Å²) in [6, 6.07) is 11.0. The summed E-state index contributed by atoms with van der Waals surface area (Å²) in [5, 5.41) is -0.616. The van der Waals surface area contributed by atoms with Gasteiger partial charge in [-0.2, -0.15) is 0 Å². The number of benzene rings is 2. The van der Waals surface area contributed by atoms with Gasteiger partial charge in [0.1, 0.15) is 11.6 Å². The molecule has 0 saturated carbocycles. The highest BCUT2D eigenvalue weighted by Gasteiger charge is 2.18. The Labute approximate surface area is 114 Å². The molecule has 0 aromatic heterocycles. The van der Waals surface area contributed by atoms with E-state index >= 15 is 0 Å². The zero-order chi connectivity index (χ0) is 13.1. The topological polar surface area (TPSA) is 0 Å². The van der Waals surface area contributed by atoms with E-state index in [1.807, 2.05) is 30.5 Å². The molecule has 18 heavy (non-hydrogen) atoms. The molecule has 1 atom stereocenters. The van der Waals surface area contributed by atoms with Gasteiger partial charge in [-0.15, -0.1) is 23.4 Å². The molecule has 0 spiro atoms. The zero-order valence-electron chi connectivity index (χ0n) is 9.66. The van der Waals surface area contributed by atoms with Gasteiger partial charge in [0.15, 0.2) is 0 Å². The first kappa shape index (κ1) is 13.4. The molecule has 1 unspecified atom stereocenters. The van der Waals surface area contributed by atoms with E-state index in [0.29, 0.717) is 5.56 Å². The maximum Gasteiger partial charge on any atom is 0.131 e. The van der Waals surface area contributed by atoms with Crippen molar-refractivity contribution in [2.24, 2.45) is 0 Å². The summed E-state index contributed by atoms with van der Waals surface area (Å²) in [6.45, 7) is 0. The molecule has 0 aliphatic rings. The maximum atomic E-state index is 13.7. The highest BCUT2D eigenvalue weighted by molar-refractivity contribution is 7.98. The van der Waals surface area contributed by atoms with E-state index in [9.17, 15) is 8.78 Å². The SMILES string of the molecule is CSc1ccccc1C(Cl)c1ccc(F)cc1F. The summed E-state index contributed by atoms with van der Waals surface area (Å²) in [6.07, 6.45) is 1.93. The summed E-state index contributed by atoms with van der Waals surface area (Å²) in [7, 11) is 0. The van der Waals surface area contributed by atoms with Crippen LogP contribution in [0.15, 0.2) is 47.4 Å². The number of hydrogen-bond donors (Lipinski definition) is 0. The fourth-order valence-electron chi connectivity index (χ4n) is 1.75. The molecule has 0 bridgehead atoms. The molecule has 0 aliphatic carbocycles. The predicted octanol–water partition coefficient (Wildman–Crippen LogP) is 5.01. The van der Waals surface area contributed by atoms with E-state index in [-0.39, 0.29) is 0 Å². The Kier molecular flexibility index (Phi) is 4.25. The molecule has 0 fully saturated rings. The molecule has 2 rings (SSSR count). The second-order valence-electron chi connectivity index (χ2n) is 3.77. The standard InChI is InChI=1S/C14H11ClF2S/c1-18-13-5-3-2-4-11(13)14(15)10-7-6-9(16)8-12(10)17/h2-8,14H,1H3. The highest BCUT2D eigenvalue weighted by Crippen LogP contribution is 2.35. The maximum absolute atomic E-state index is 13.7. The van der Waals surface area contributed by atoms with E-state index in [2.05, 4.69) is 0 Å². The van der Waals surface area contributed by atoms with Crippen molar-refractivity contribution in [1.29, 1.82) is 0 Å². The molecular formula is C14H11ClF2S. The van der Waals surface area contributed by atoms with Crippen LogP contribution >= 0.6 is 23.4 Å². The lowest BCUT2D eigenvalue weighted by molar-refractivity contribution is 0.573. The molecule has 0 aliphatic heterocycles. The summed E-state index contributed by atoms with van der Waals surface area (Å²) in [4.78, 5) is 0.987. The lowest BCUT2D eigenvalue weighted by Gasteiger charge is -2.14. The first-order valence-electron chi connectivity index (χ1n) is 5.35. The molecule has 0 N–H and O–H groups in total. The van der Waals surface area contributed by atoms with Crippen LogP contribution in [0.25, 0.3) is 0 Å². The minimum absolute atomic E-state index is 0.291. The van der Waals surface area contributed by atoms with Crippen LogP contribution in [0, 0.1) is 11.6 Å². The van der Waals surface area contributed by atoms with E-state index < -0.39 is 17.0 Å². The molecule has 2 aromatic carbocycles. The first-order valence-corrected chi connectivity index (χ1v) is 7.01. The van der Waals surface area contributed by atoms with Crippen LogP contribution in [0.5, 0.6) is 0 Å². The molecular weight excluding hydrogens is 274 g/mol. The van der Waals surface area contributed by atoms with Gasteiger partial charge in [0, 0.05) is 16.5 Å². The number of thioether (sulfide) groups is 1. The van der Waals surface area contributed by atoms with Gasteiger partial charge in [0.25, 0.3) is 0 Å². The van der Waals surface area contributed by atoms with E-state index in [1.54, 1.807) is 11.8 Å². The summed E-state index contributed by atoms with van der Waals surface area (Å²) in [5.41, 5.74) is 1.12. The third kappa shape index (κ3) is 2.68. The van der Waals surface area contributed by atoms with Gasteiger partial charge in [-0.05, 0) is 24.0 Å². The Balaban J connectivity index is 2.44. The van der Waals surface area contributed by atoms with Crippen LogP contribution in [0.2, 0.25) is 0 Å². The lowest BCUT2D eigenvalue weighted by Crippen LogP contribution is -1.99. The normalized spacial score (nSPS) is 12.4. The second kappa shape index (κ2) is 5.72. The van der Waals surface area contributed by atoms with Crippen molar-refractivity contribution >= 4 is 23.4 Å². The zero-order valence-corrected chi connectivity index (χ0v) is 11.2. The van der Waals surface area contributed by atoms with Crippen molar-refractivity contribution in [1.82, 2.24) is 0 Å². The van der Waals surface area contributed by atoms with Crippen LogP contribution in [0.1, 0.15) is 16.5 Å². The quantitative estimate of drug-likeness (QED) is 0.564. The highest BCUT2D eigenvalue weighted by atomic mass is 35.5. The average Bonchev–Trinajstić information content (AvgIpc) is 2.38. The smallest absolute Gasteiger partial charge is 0.131 e. The third-order valence-electron chi connectivity index (χ3n) is 2.65. The molecule has 94 valence electrons. The van der Waals surface area contributed by atoms with Crippen molar-refractivity contribution in [3.05, 3.63) is 65.2 Å². The van der Waals surface area contributed by atoms with Crippen molar-refractivity contribution in [2.45, 2.75) is 10.3 Å². The van der Waals surface area contributed by atoms with Gasteiger partial charge >= 0.3 is 0 Å². The summed E-state index contributed by atoms with van der Waals surface area (Å²) < 4.78 is 26.6. The number of alkyl halides is 1. The number of rotatable bonds is 3. The van der Waals surface area contributed by atoms with Crippen LogP contribution in [0.3, 0.4) is 0 Å². The monoisotopic (exact) mass is 284 g/mol. The summed E-state index contributed by atoms with van der Waals surface area (Å²) in [5.74, 6) is -1.22. The van der Waals surface area contributed by atoms with Gasteiger partial charge in [-0.25, -0.2) is 8.78 Å². The van der Waals surface area contributed by atoms with Gasteiger partial charge in [0.05, 0.1) is 5.38 Å². The predicted molar refractivity (Wildman–Crippen MR) is 72.3 cm³/mol. The Hall–Kier alpha value is -1.06. The van der Waals surface area contributed by atoms with Gasteiger partial charge in [0.2, 0.25) is 0 Å². The number of halogens is 3. The van der Waals surface area contributed by atoms with Crippen LogP contribution in [-0.2, 0) is 0 Å². The Morgan fingerprint density at radius 3 is 2.44 bits per heavy atom.